The van der Waals surface area contributed by atoms with Crippen LogP contribution in [0.1, 0.15) is 21.1 Å². The molecule has 0 aliphatic carbocycles. The minimum Gasteiger partial charge on any atom is -0.346 e. The highest BCUT2D eigenvalue weighted by Gasteiger charge is 2.06. The highest BCUT2D eigenvalue weighted by Crippen LogP contribution is 2.12. The van der Waals surface area contributed by atoms with Crippen LogP contribution in [0.25, 0.3) is 0 Å². The van der Waals surface area contributed by atoms with E-state index in [0.717, 1.165) is 15.2 Å². The first-order valence-electron chi connectivity index (χ1n) is 5.10. The van der Waals surface area contributed by atoms with Gasteiger partial charge in [0.05, 0.1) is 17.2 Å². The molecular weight excluding hydrogens is 300 g/mol. The van der Waals surface area contributed by atoms with Gasteiger partial charge in [-0.05, 0) is 25.1 Å². The van der Waals surface area contributed by atoms with Crippen molar-refractivity contribution in [3.05, 3.63) is 50.4 Å². The highest BCUT2D eigenvalue weighted by atomic mass is 79.9. The van der Waals surface area contributed by atoms with Crippen molar-refractivity contribution in [2.24, 2.45) is 0 Å². The Morgan fingerprint density at radius 2 is 2.35 bits per heavy atom. The van der Waals surface area contributed by atoms with E-state index in [4.69, 9.17) is 0 Å². The molecule has 0 radical (unpaired) electrons. The summed E-state index contributed by atoms with van der Waals surface area (Å²) >= 11 is 4.92. The van der Waals surface area contributed by atoms with Crippen molar-refractivity contribution < 1.29 is 4.79 Å². The van der Waals surface area contributed by atoms with Crippen LogP contribution < -0.4 is 5.32 Å². The molecule has 1 heterocycles. The Bertz CT molecular complexity index is 539. The monoisotopic (exact) mass is 310 g/mol. The van der Waals surface area contributed by atoms with Crippen LogP contribution in [0.15, 0.2) is 34.1 Å². The van der Waals surface area contributed by atoms with E-state index in [1.54, 1.807) is 23.5 Å². The number of aromatic nitrogens is 1. The second-order valence-electron chi connectivity index (χ2n) is 3.55. The molecule has 1 N–H and O–H groups in total. The summed E-state index contributed by atoms with van der Waals surface area (Å²) in [5.41, 5.74) is 1.54. The minimum absolute atomic E-state index is 0.0862. The summed E-state index contributed by atoms with van der Waals surface area (Å²) in [7, 11) is 0. The first-order chi connectivity index (χ1) is 8.15. The van der Waals surface area contributed by atoms with Crippen LogP contribution in [0.4, 0.5) is 0 Å². The second kappa shape index (κ2) is 5.42. The van der Waals surface area contributed by atoms with Gasteiger partial charge in [0.25, 0.3) is 5.91 Å². The lowest BCUT2D eigenvalue weighted by molar-refractivity contribution is 0.0950. The fourth-order valence-electron chi connectivity index (χ4n) is 1.39. The Morgan fingerprint density at radius 3 is 3.00 bits per heavy atom. The first-order valence-corrected chi connectivity index (χ1v) is 6.77. The zero-order valence-electron chi connectivity index (χ0n) is 9.24. The number of amides is 1. The normalized spacial score (nSPS) is 10.2. The predicted octanol–water partition coefficient (Wildman–Crippen LogP) is 3.14. The topological polar surface area (TPSA) is 42.0 Å². The van der Waals surface area contributed by atoms with E-state index in [1.165, 1.54) is 0 Å². The van der Waals surface area contributed by atoms with Crippen molar-refractivity contribution in [3.8, 4) is 0 Å². The maximum atomic E-state index is 11.8. The molecule has 0 spiro atoms. The number of hydrogen-bond donors (Lipinski definition) is 1. The molecule has 0 fully saturated rings. The minimum atomic E-state index is -0.0862. The van der Waals surface area contributed by atoms with E-state index in [-0.39, 0.29) is 5.91 Å². The first kappa shape index (κ1) is 12.3. The van der Waals surface area contributed by atoms with Gasteiger partial charge < -0.3 is 5.32 Å². The van der Waals surface area contributed by atoms with E-state index >= 15 is 0 Å². The zero-order chi connectivity index (χ0) is 12.3. The number of nitrogens with one attached hydrogen (secondary N) is 1. The summed E-state index contributed by atoms with van der Waals surface area (Å²) in [6.45, 7) is 2.42. The summed E-state index contributed by atoms with van der Waals surface area (Å²) in [5.74, 6) is -0.0862. The van der Waals surface area contributed by atoms with Crippen LogP contribution >= 0.6 is 27.3 Å². The molecule has 1 aromatic carbocycles. The predicted molar refractivity (Wildman–Crippen MR) is 72.2 cm³/mol. The van der Waals surface area contributed by atoms with Gasteiger partial charge in [0.1, 0.15) is 0 Å². The van der Waals surface area contributed by atoms with Gasteiger partial charge in [-0.1, -0.05) is 22.0 Å². The maximum Gasteiger partial charge on any atom is 0.251 e. The van der Waals surface area contributed by atoms with Gasteiger partial charge in [0.2, 0.25) is 0 Å². The summed E-state index contributed by atoms with van der Waals surface area (Å²) < 4.78 is 0.898. The van der Waals surface area contributed by atoms with Crippen molar-refractivity contribution in [2.75, 3.05) is 0 Å². The molecule has 0 atom stereocenters. The van der Waals surface area contributed by atoms with Crippen molar-refractivity contribution in [2.45, 2.75) is 13.5 Å². The number of carbonyl (C=O) groups is 1. The Kier molecular flexibility index (Phi) is 3.91. The smallest absolute Gasteiger partial charge is 0.251 e. The number of aryl methyl sites for hydroxylation is 1. The van der Waals surface area contributed by atoms with Gasteiger partial charge >= 0.3 is 0 Å². The van der Waals surface area contributed by atoms with Crippen LogP contribution in [0.5, 0.6) is 0 Å². The van der Waals surface area contributed by atoms with E-state index in [1.807, 2.05) is 24.4 Å². The second-order valence-corrected chi connectivity index (χ2v) is 5.53. The van der Waals surface area contributed by atoms with Gasteiger partial charge in [-0.3, -0.25) is 4.79 Å². The molecule has 5 heteroatoms. The lowest BCUT2D eigenvalue weighted by Crippen LogP contribution is -2.22. The summed E-state index contributed by atoms with van der Waals surface area (Å²) in [4.78, 5) is 16.1. The van der Waals surface area contributed by atoms with E-state index in [0.29, 0.717) is 12.1 Å². The Morgan fingerprint density at radius 1 is 1.53 bits per heavy atom. The lowest BCUT2D eigenvalue weighted by atomic mass is 10.2. The molecular formula is C12H11BrN2OS. The molecule has 0 saturated carbocycles. The number of halogens is 1. The van der Waals surface area contributed by atoms with Crippen LogP contribution in [-0.4, -0.2) is 10.9 Å². The largest absolute Gasteiger partial charge is 0.346 e. The number of carbonyl (C=O) groups excluding carboxylic acids is 1. The van der Waals surface area contributed by atoms with Gasteiger partial charge in [0.15, 0.2) is 0 Å². The van der Waals surface area contributed by atoms with Crippen LogP contribution in [0, 0.1) is 6.92 Å². The molecule has 0 aliphatic rings. The van der Waals surface area contributed by atoms with E-state index < -0.39 is 0 Å². The lowest BCUT2D eigenvalue weighted by Gasteiger charge is -2.03. The third kappa shape index (κ3) is 3.38. The average Bonchev–Trinajstić information content (AvgIpc) is 2.72. The molecule has 0 aliphatic heterocycles. The molecule has 0 unspecified atom stereocenters. The van der Waals surface area contributed by atoms with Crippen LogP contribution in [0.3, 0.4) is 0 Å². The summed E-state index contributed by atoms with van der Waals surface area (Å²) in [6, 6.07) is 7.31. The van der Waals surface area contributed by atoms with Gasteiger partial charge in [0, 0.05) is 15.4 Å². The third-order valence-electron chi connectivity index (χ3n) is 2.18. The Hall–Kier alpha value is -1.20. The number of thiazole rings is 1. The van der Waals surface area contributed by atoms with Gasteiger partial charge in [-0.25, -0.2) is 4.98 Å². The van der Waals surface area contributed by atoms with E-state index in [2.05, 4.69) is 26.2 Å². The molecule has 1 amide bonds. The molecule has 0 bridgehead atoms. The summed E-state index contributed by atoms with van der Waals surface area (Å²) in [6.07, 6.45) is 0. The molecule has 2 aromatic rings. The molecule has 3 nitrogen and oxygen atoms in total. The Balaban J connectivity index is 1.98. The fourth-order valence-corrected chi connectivity index (χ4v) is 2.40. The highest BCUT2D eigenvalue weighted by molar-refractivity contribution is 9.10. The molecule has 0 saturated heterocycles. The van der Waals surface area contributed by atoms with Crippen molar-refractivity contribution >= 4 is 33.2 Å². The van der Waals surface area contributed by atoms with Crippen molar-refractivity contribution in [1.82, 2.24) is 10.3 Å². The number of hydrogen-bond acceptors (Lipinski definition) is 3. The number of benzene rings is 1. The zero-order valence-corrected chi connectivity index (χ0v) is 11.6. The van der Waals surface area contributed by atoms with Crippen molar-refractivity contribution in [3.63, 3.8) is 0 Å². The molecule has 88 valence electrons. The van der Waals surface area contributed by atoms with Crippen molar-refractivity contribution in [1.29, 1.82) is 0 Å². The third-order valence-corrected chi connectivity index (χ3v) is 3.50. The number of rotatable bonds is 3. The summed E-state index contributed by atoms with van der Waals surface area (Å²) in [5, 5.41) is 5.81. The van der Waals surface area contributed by atoms with E-state index in [9.17, 15) is 4.79 Å². The average molecular weight is 311 g/mol. The molecule has 2 rings (SSSR count). The molecule has 17 heavy (non-hydrogen) atoms. The fraction of sp³-hybridized carbons (Fsp3) is 0.167. The van der Waals surface area contributed by atoms with Gasteiger partial charge in [-0.2, -0.15) is 0 Å². The number of nitrogens with zero attached hydrogens (tertiary/aromatic N) is 1. The standard InChI is InChI=1S/C12H11BrN2OS/c1-8-15-11(7-17-8)6-14-12(16)9-3-2-4-10(13)5-9/h2-5,7H,6H2,1H3,(H,14,16). The SMILES string of the molecule is Cc1nc(CNC(=O)c2cccc(Br)c2)cs1. The molecule has 1 aromatic heterocycles. The quantitative estimate of drug-likeness (QED) is 0.946. The van der Waals surface area contributed by atoms with Crippen LogP contribution in [0.2, 0.25) is 0 Å². The Labute approximate surface area is 112 Å². The van der Waals surface area contributed by atoms with Gasteiger partial charge in [-0.15, -0.1) is 11.3 Å². The maximum absolute atomic E-state index is 11.8. The van der Waals surface area contributed by atoms with Crippen LogP contribution in [-0.2, 0) is 6.54 Å².